The van der Waals surface area contributed by atoms with Crippen LogP contribution < -0.4 is 5.73 Å². The third kappa shape index (κ3) is 3.86. The Kier molecular flexibility index (Phi) is 6.53. The van der Waals surface area contributed by atoms with Gasteiger partial charge < -0.3 is 10.5 Å². The lowest BCUT2D eigenvalue weighted by molar-refractivity contribution is -0.0598. The first-order chi connectivity index (χ1) is 13.9. The molecule has 0 heterocycles. The van der Waals surface area contributed by atoms with E-state index in [-0.39, 0.29) is 0 Å². The van der Waals surface area contributed by atoms with Crippen LogP contribution in [-0.2, 0) is 4.74 Å². The zero-order valence-corrected chi connectivity index (χ0v) is 19.7. The first kappa shape index (κ1) is 21.9. The van der Waals surface area contributed by atoms with Crippen molar-refractivity contribution < 1.29 is 4.74 Å². The Balaban J connectivity index is 1.42. The molecule has 0 saturated heterocycles. The molecule has 4 rings (SSSR count). The zero-order valence-electron chi connectivity index (χ0n) is 19.7. The second-order valence-corrected chi connectivity index (χ2v) is 11.6. The standard InChI is InChI=1S/C27H47NO/c1-5-6-7-8-17-29-21-13-15-26(3)20(18-21)9-10-22-24-12-11-23(19(2)28)27(24,4)16-14-25(22)26/h9,19,21-25H,5-8,10-18,28H2,1-4H3/t19-,21-,22?,23+,24?,25?,26-,27+/m0/s1. The Labute approximate surface area is 180 Å². The fraction of sp³-hybridized carbons (Fsp3) is 0.926. The minimum atomic E-state index is 0.358. The highest BCUT2D eigenvalue weighted by molar-refractivity contribution is 5.25. The van der Waals surface area contributed by atoms with Crippen molar-refractivity contribution in [1.82, 2.24) is 0 Å². The third-order valence-corrected chi connectivity index (χ3v) is 10.1. The van der Waals surface area contributed by atoms with E-state index >= 15 is 0 Å². The molecule has 3 saturated carbocycles. The molecule has 0 bridgehead atoms. The van der Waals surface area contributed by atoms with Crippen LogP contribution in [0.3, 0.4) is 0 Å². The molecule has 0 aromatic heterocycles. The largest absolute Gasteiger partial charge is 0.378 e. The van der Waals surface area contributed by atoms with Crippen molar-refractivity contribution in [3.63, 3.8) is 0 Å². The number of allylic oxidation sites excluding steroid dienone is 1. The van der Waals surface area contributed by atoms with Crippen LogP contribution in [0.2, 0.25) is 0 Å². The molecule has 0 spiro atoms. The van der Waals surface area contributed by atoms with Gasteiger partial charge in [0.05, 0.1) is 6.10 Å². The summed E-state index contributed by atoms with van der Waals surface area (Å²) in [6, 6.07) is 0.358. The van der Waals surface area contributed by atoms with Crippen LogP contribution in [0.5, 0.6) is 0 Å². The van der Waals surface area contributed by atoms with Crippen LogP contribution >= 0.6 is 0 Å². The number of hydrogen-bond acceptors (Lipinski definition) is 2. The molecule has 2 heteroatoms. The summed E-state index contributed by atoms with van der Waals surface area (Å²) >= 11 is 0. The van der Waals surface area contributed by atoms with E-state index < -0.39 is 0 Å². The average molecular weight is 402 g/mol. The fourth-order valence-electron chi connectivity index (χ4n) is 8.45. The number of rotatable bonds is 7. The molecule has 2 N–H and O–H groups in total. The quantitative estimate of drug-likeness (QED) is 0.373. The Morgan fingerprint density at radius 3 is 2.66 bits per heavy atom. The smallest absolute Gasteiger partial charge is 0.0612 e. The van der Waals surface area contributed by atoms with Crippen LogP contribution in [-0.4, -0.2) is 18.8 Å². The maximum atomic E-state index is 6.45. The minimum absolute atomic E-state index is 0.358. The Morgan fingerprint density at radius 2 is 1.90 bits per heavy atom. The van der Waals surface area contributed by atoms with Gasteiger partial charge in [-0.25, -0.2) is 0 Å². The second kappa shape index (κ2) is 8.65. The van der Waals surface area contributed by atoms with Crippen molar-refractivity contribution in [2.75, 3.05) is 6.61 Å². The number of hydrogen-bond donors (Lipinski definition) is 1. The average Bonchev–Trinajstić information content (AvgIpc) is 3.05. The van der Waals surface area contributed by atoms with Gasteiger partial charge in [0.15, 0.2) is 0 Å². The molecule has 0 radical (unpaired) electrons. The lowest BCUT2D eigenvalue weighted by atomic mass is 9.47. The summed E-state index contributed by atoms with van der Waals surface area (Å²) in [5, 5.41) is 0. The molecule has 0 aromatic rings. The van der Waals surface area contributed by atoms with Gasteiger partial charge in [0.1, 0.15) is 0 Å². The summed E-state index contributed by atoms with van der Waals surface area (Å²) in [6.07, 6.45) is 19.2. The first-order valence-electron chi connectivity index (χ1n) is 13.0. The molecule has 8 atom stereocenters. The van der Waals surface area contributed by atoms with Gasteiger partial charge in [-0.3, -0.25) is 0 Å². The van der Waals surface area contributed by atoms with Crippen molar-refractivity contribution in [3.8, 4) is 0 Å². The highest BCUT2D eigenvalue weighted by Gasteiger charge is 2.58. The molecule has 0 aliphatic heterocycles. The Bertz CT molecular complexity index is 597. The van der Waals surface area contributed by atoms with E-state index in [2.05, 4.69) is 33.8 Å². The topological polar surface area (TPSA) is 35.2 Å². The van der Waals surface area contributed by atoms with Crippen LogP contribution in [0.25, 0.3) is 0 Å². The van der Waals surface area contributed by atoms with Gasteiger partial charge in [0.2, 0.25) is 0 Å². The van der Waals surface area contributed by atoms with Crippen molar-refractivity contribution in [1.29, 1.82) is 0 Å². The van der Waals surface area contributed by atoms with E-state index in [1.54, 1.807) is 5.57 Å². The zero-order chi connectivity index (χ0) is 20.6. The number of unbranched alkanes of at least 4 members (excludes halogenated alkanes) is 3. The summed E-state index contributed by atoms with van der Waals surface area (Å²) in [4.78, 5) is 0. The molecular weight excluding hydrogens is 354 g/mol. The summed E-state index contributed by atoms with van der Waals surface area (Å²) in [6.45, 7) is 10.7. The van der Waals surface area contributed by atoms with Crippen LogP contribution in [0, 0.1) is 34.5 Å². The summed E-state index contributed by atoms with van der Waals surface area (Å²) < 4.78 is 6.33. The van der Waals surface area contributed by atoms with E-state index in [4.69, 9.17) is 10.5 Å². The van der Waals surface area contributed by atoms with Gasteiger partial charge in [-0.1, -0.05) is 51.7 Å². The highest BCUT2D eigenvalue weighted by atomic mass is 16.5. The lowest BCUT2D eigenvalue weighted by Crippen LogP contribution is -2.51. The predicted octanol–water partition coefficient (Wildman–Crippen LogP) is 6.88. The molecule has 2 nitrogen and oxygen atoms in total. The van der Waals surface area contributed by atoms with Gasteiger partial charge in [-0.05, 0) is 99.2 Å². The molecule has 3 unspecified atom stereocenters. The molecule has 4 aliphatic carbocycles. The van der Waals surface area contributed by atoms with E-state index in [0.717, 1.165) is 30.3 Å². The van der Waals surface area contributed by atoms with Crippen LogP contribution in [0.15, 0.2) is 11.6 Å². The maximum Gasteiger partial charge on any atom is 0.0612 e. The molecule has 0 amide bonds. The Hall–Kier alpha value is -0.340. The normalized spacial score (nSPS) is 45.1. The van der Waals surface area contributed by atoms with Crippen molar-refractivity contribution >= 4 is 0 Å². The molecule has 166 valence electrons. The number of ether oxygens (including phenoxy) is 1. The van der Waals surface area contributed by atoms with Gasteiger partial charge >= 0.3 is 0 Å². The van der Waals surface area contributed by atoms with Gasteiger partial charge in [0, 0.05) is 12.6 Å². The van der Waals surface area contributed by atoms with Gasteiger partial charge in [-0.2, -0.15) is 0 Å². The summed E-state index contributed by atoms with van der Waals surface area (Å²) in [5.41, 5.74) is 9.14. The summed E-state index contributed by atoms with van der Waals surface area (Å²) in [5.74, 6) is 3.44. The highest BCUT2D eigenvalue weighted by Crippen LogP contribution is 2.66. The van der Waals surface area contributed by atoms with E-state index in [1.807, 2.05) is 0 Å². The van der Waals surface area contributed by atoms with Crippen molar-refractivity contribution in [2.45, 2.75) is 117 Å². The second-order valence-electron chi connectivity index (χ2n) is 11.6. The molecule has 4 aliphatic rings. The van der Waals surface area contributed by atoms with Crippen LogP contribution in [0.1, 0.15) is 105 Å². The molecule has 29 heavy (non-hydrogen) atoms. The lowest BCUT2D eigenvalue weighted by Gasteiger charge is -2.58. The van der Waals surface area contributed by atoms with Crippen molar-refractivity contribution in [3.05, 3.63) is 11.6 Å². The van der Waals surface area contributed by atoms with Gasteiger partial charge in [-0.15, -0.1) is 0 Å². The molecular formula is C27H47NO. The summed E-state index contributed by atoms with van der Waals surface area (Å²) in [7, 11) is 0. The maximum absolute atomic E-state index is 6.45. The molecule has 3 fully saturated rings. The van der Waals surface area contributed by atoms with E-state index in [0.29, 0.717) is 23.0 Å². The molecule has 0 aromatic carbocycles. The first-order valence-corrected chi connectivity index (χ1v) is 13.0. The van der Waals surface area contributed by atoms with Crippen molar-refractivity contribution in [2.24, 2.45) is 40.2 Å². The fourth-order valence-corrected chi connectivity index (χ4v) is 8.45. The van der Waals surface area contributed by atoms with E-state index in [9.17, 15) is 0 Å². The number of fused-ring (bicyclic) bond motifs is 5. The SMILES string of the molecule is CCCCCCO[C@H]1CC[C@@]2(C)C(=CCC3C2CC[C@@]2(C)C3CC[C@@H]2[C@H](C)N)C1. The number of nitrogens with two attached hydrogens (primary N) is 1. The van der Waals surface area contributed by atoms with Crippen LogP contribution in [0.4, 0.5) is 0 Å². The third-order valence-electron chi connectivity index (χ3n) is 10.1. The Morgan fingerprint density at radius 1 is 1.07 bits per heavy atom. The predicted molar refractivity (Wildman–Crippen MR) is 123 cm³/mol. The minimum Gasteiger partial charge on any atom is -0.378 e. The monoisotopic (exact) mass is 401 g/mol. The van der Waals surface area contributed by atoms with Gasteiger partial charge in [0.25, 0.3) is 0 Å². The van der Waals surface area contributed by atoms with E-state index in [1.165, 1.54) is 77.0 Å².